The highest BCUT2D eigenvalue weighted by molar-refractivity contribution is 6.34. The highest BCUT2D eigenvalue weighted by Crippen LogP contribution is 2.32. The quantitative estimate of drug-likeness (QED) is 0.386. The second-order valence-electron chi connectivity index (χ2n) is 4.05. The van der Waals surface area contributed by atoms with Crippen molar-refractivity contribution < 1.29 is 14.7 Å². The summed E-state index contributed by atoms with van der Waals surface area (Å²) in [5.74, 6) is 1.25. The largest absolute Gasteiger partial charge is 0.497 e. The molecule has 2 rings (SSSR count). The Hall–Kier alpha value is -2.11. The van der Waals surface area contributed by atoms with Crippen LogP contribution in [0.25, 0.3) is 0 Å². The third-order valence-corrected chi connectivity index (χ3v) is 3.07. The van der Waals surface area contributed by atoms with Gasteiger partial charge in [0.1, 0.15) is 17.2 Å². The van der Waals surface area contributed by atoms with Gasteiger partial charge in [0.2, 0.25) is 0 Å². The number of methoxy groups -OCH3 is 1. The predicted octanol–water partition coefficient (Wildman–Crippen LogP) is 3.89. The molecule has 0 radical (unpaired) electrons. The monoisotopic (exact) mass is 326 g/mol. The third kappa shape index (κ3) is 3.71. The molecular weight excluding hydrogens is 315 g/mol. The standard InChI is InChI=1S/C14H12Cl2N2O3/c1-20-10-2-3-12(14(17)18-19)13(7-10)21-11-5-8(15)4-9(16)6-11/h2-7,19H,1H3,(H2,17,18). The summed E-state index contributed by atoms with van der Waals surface area (Å²) in [5, 5.41) is 12.7. The molecule has 2 aromatic carbocycles. The summed E-state index contributed by atoms with van der Waals surface area (Å²) in [7, 11) is 1.53. The zero-order valence-electron chi connectivity index (χ0n) is 11.0. The van der Waals surface area contributed by atoms with Crippen molar-refractivity contribution in [3.05, 3.63) is 52.0 Å². The molecule has 0 aliphatic rings. The number of halogens is 2. The first-order chi connectivity index (χ1) is 10.0. The maximum Gasteiger partial charge on any atom is 0.173 e. The Morgan fingerprint density at radius 1 is 1.10 bits per heavy atom. The molecule has 0 amide bonds. The first kappa shape index (κ1) is 15.3. The van der Waals surface area contributed by atoms with Crippen LogP contribution in [-0.2, 0) is 0 Å². The van der Waals surface area contributed by atoms with E-state index < -0.39 is 0 Å². The van der Waals surface area contributed by atoms with E-state index in [1.54, 1.807) is 36.4 Å². The number of amidine groups is 1. The van der Waals surface area contributed by atoms with E-state index in [-0.39, 0.29) is 5.84 Å². The van der Waals surface area contributed by atoms with Gasteiger partial charge in [-0.15, -0.1) is 0 Å². The maximum absolute atomic E-state index is 8.83. The Kier molecular flexibility index (Phi) is 4.77. The molecule has 7 heteroatoms. The lowest BCUT2D eigenvalue weighted by Gasteiger charge is -2.12. The van der Waals surface area contributed by atoms with Gasteiger partial charge in [0.25, 0.3) is 0 Å². The van der Waals surface area contributed by atoms with Crippen molar-refractivity contribution in [2.45, 2.75) is 0 Å². The minimum absolute atomic E-state index is 0.0826. The number of hydrogen-bond acceptors (Lipinski definition) is 4. The molecule has 0 atom stereocenters. The van der Waals surface area contributed by atoms with Crippen LogP contribution in [0.4, 0.5) is 0 Å². The summed E-state index contributed by atoms with van der Waals surface area (Å²) in [4.78, 5) is 0. The van der Waals surface area contributed by atoms with E-state index in [1.807, 2.05) is 0 Å². The van der Waals surface area contributed by atoms with Gasteiger partial charge in [0, 0.05) is 16.1 Å². The number of ether oxygens (including phenoxy) is 2. The molecule has 2 aromatic rings. The van der Waals surface area contributed by atoms with E-state index in [9.17, 15) is 0 Å². The van der Waals surface area contributed by atoms with E-state index in [1.165, 1.54) is 7.11 Å². The number of rotatable bonds is 4. The van der Waals surface area contributed by atoms with Crippen LogP contribution < -0.4 is 15.2 Å². The lowest BCUT2D eigenvalue weighted by Crippen LogP contribution is -2.14. The van der Waals surface area contributed by atoms with Crippen LogP contribution in [0, 0.1) is 0 Å². The molecule has 0 saturated carbocycles. The average Bonchev–Trinajstić information content (AvgIpc) is 2.45. The van der Waals surface area contributed by atoms with Crippen molar-refractivity contribution in [2.24, 2.45) is 10.9 Å². The van der Waals surface area contributed by atoms with Gasteiger partial charge in [-0.05, 0) is 30.3 Å². The molecule has 0 saturated heterocycles. The maximum atomic E-state index is 8.83. The molecule has 5 nitrogen and oxygen atoms in total. The molecule has 0 spiro atoms. The summed E-state index contributed by atoms with van der Waals surface area (Å²) in [6.07, 6.45) is 0. The molecule has 0 heterocycles. The lowest BCUT2D eigenvalue weighted by atomic mass is 10.1. The molecular formula is C14H12Cl2N2O3. The van der Waals surface area contributed by atoms with Gasteiger partial charge in [-0.2, -0.15) is 0 Å². The predicted molar refractivity (Wildman–Crippen MR) is 82.0 cm³/mol. The van der Waals surface area contributed by atoms with Gasteiger partial charge >= 0.3 is 0 Å². The van der Waals surface area contributed by atoms with E-state index >= 15 is 0 Å². The van der Waals surface area contributed by atoms with Crippen molar-refractivity contribution in [3.63, 3.8) is 0 Å². The van der Waals surface area contributed by atoms with Gasteiger partial charge in [-0.3, -0.25) is 0 Å². The van der Waals surface area contributed by atoms with Crippen LogP contribution in [0.15, 0.2) is 41.6 Å². The van der Waals surface area contributed by atoms with Crippen LogP contribution in [0.2, 0.25) is 10.0 Å². The van der Waals surface area contributed by atoms with Crippen LogP contribution in [0.1, 0.15) is 5.56 Å². The molecule has 21 heavy (non-hydrogen) atoms. The zero-order chi connectivity index (χ0) is 15.4. The molecule has 110 valence electrons. The van der Waals surface area contributed by atoms with Crippen LogP contribution in [0.3, 0.4) is 0 Å². The summed E-state index contributed by atoms with van der Waals surface area (Å²) in [6.45, 7) is 0. The third-order valence-electron chi connectivity index (χ3n) is 2.64. The molecule has 0 bridgehead atoms. The lowest BCUT2D eigenvalue weighted by molar-refractivity contribution is 0.318. The first-order valence-electron chi connectivity index (χ1n) is 5.83. The van der Waals surface area contributed by atoms with Crippen molar-refractivity contribution in [1.29, 1.82) is 0 Å². The van der Waals surface area contributed by atoms with Crippen LogP contribution in [0.5, 0.6) is 17.2 Å². The van der Waals surface area contributed by atoms with Gasteiger partial charge in [-0.1, -0.05) is 28.4 Å². The second-order valence-corrected chi connectivity index (χ2v) is 4.93. The number of oxime groups is 1. The molecule has 0 aliphatic heterocycles. The number of hydrogen-bond donors (Lipinski definition) is 2. The Morgan fingerprint density at radius 2 is 1.76 bits per heavy atom. The molecule has 0 aliphatic carbocycles. The van der Waals surface area contributed by atoms with Gasteiger partial charge in [-0.25, -0.2) is 0 Å². The zero-order valence-corrected chi connectivity index (χ0v) is 12.5. The van der Waals surface area contributed by atoms with Crippen molar-refractivity contribution >= 4 is 29.0 Å². The molecule has 3 N–H and O–H groups in total. The van der Waals surface area contributed by atoms with Gasteiger partial charge in [0.15, 0.2) is 5.84 Å². The summed E-state index contributed by atoms with van der Waals surface area (Å²) >= 11 is 11.9. The number of benzene rings is 2. The van der Waals surface area contributed by atoms with Crippen molar-refractivity contribution in [3.8, 4) is 17.2 Å². The number of nitrogens with zero attached hydrogens (tertiary/aromatic N) is 1. The summed E-state index contributed by atoms with van der Waals surface area (Å²) < 4.78 is 10.8. The Balaban J connectivity index is 2.45. The van der Waals surface area contributed by atoms with Crippen LogP contribution >= 0.6 is 23.2 Å². The van der Waals surface area contributed by atoms with Crippen molar-refractivity contribution in [1.82, 2.24) is 0 Å². The fourth-order valence-electron chi connectivity index (χ4n) is 1.69. The van der Waals surface area contributed by atoms with E-state index in [4.69, 9.17) is 43.6 Å². The Labute approximate surface area is 131 Å². The normalized spacial score (nSPS) is 11.3. The minimum atomic E-state index is -0.0826. The van der Waals surface area contributed by atoms with E-state index in [0.717, 1.165) is 0 Å². The second kappa shape index (κ2) is 6.56. The van der Waals surface area contributed by atoms with E-state index in [2.05, 4.69) is 5.16 Å². The highest BCUT2D eigenvalue weighted by atomic mass is 35.5. The summed E-state index contributed by atoms with van der Waals surface area (Å²) in [5.41, 5.74) is 6.04. The topological polar surface area (TPSA) is 77.1 Å². The fourth-order valence-corrected chi connectivity index (χ4v) is 2.20. The number of nitrogens with two attached hydrogens (primary N) is 1. The van der Waals surface area contributed by atoms with Gasteiger partial charge < -0.3 is 20.4 Å². The Bertz CT molecular complexity index is 670. The molecule has 0 aromatic heterocycles. The first-order valence-corrected chi connectivity index (χ1v) is 6.59. The smallest absolute Gasteiger partial charge is 0.173 e. The SMILES string of the molecule is COc1ccc(/C(N)=N/O)c(Oc2cc(Cl)cc(Cl)c2)c1. The molecule has 0 unspecified atom stereocenters. The van der Waals surface area contributed by atoms with Crippen LogP contribution in [-0.4, -0.2) is 18.2 Å². The van der Waals surface area contributed by atoms with Crippen molar-refractivity contribution in [2.75, 3.05) is 7.11 Å². The summed E-state index contributed by atoms with van der Waals surface area (Å²) in [6, 6.07) is 9.70. The fraction of sp³-hybridized carbons (Fsp3) is 0.0714. The average molecular weight is 327 g/mol. The Morgan fingerprint density at radius 3 is 2.33 bits per heavy atom. The molecule has 0 fully saturated rings. The van der Waals surface area contributed by atoms with Gasteiger partial charge in [0.05, 0.1) is 12.7 Å². The van der Waals surface area contributed by atoms with E-state index in [0.29, 0.717) is 32.9 Å². The highest BCUT2D eigenvalue weighted by Gasteiger charge is 2.12. The minimum Gasteiger partial charge on any atom is -0.497 e.